The van der Waals surface area contributed by atoms with E-state index in [1.54, 1.807) is 9.80 Å². The number of nitrogens with one attached hydrogen (secondary N) is 1. The van der Waals surface area contributed by atoms with Gasteiger partial charge in [-0.3, -0.25) is 9.59 Å². The minimum Gasteiger partial charge on any atom is -0.356 e. The number of carbonyl (C=O) groups is 2. The molecule has 0 radical (unpaired) electrons. The van der Waals surface area contributed by atoms with Crippen molar-refractivity contribution < 1.29 is 9.59 Å². The van der Waals surface area contributed by atoms with Crippen LogP contribution in [-0.4, -0.2) is 78.8 Å². The maximum Gasteiger partial charge on any atom is 0.244 e. The van der Waals surface area contributed by atoms with Crippen LogP contribution in [-0.2, 0) is 22.6 Å². The van der Waals surface area contributed by atoms with Gasteiger partial charge < -0.3 is 20.0 Å². The highest BCUT2D eigenvalue weighted by atomic mass is 16.2. The van der Waals surface area contributed by atoms with E-state index in [-0.39, 0.29) is 24.9 Å². The first-order chi connectivity index (χ1) is 13.5. The molecule has 154 valence electrons. The third kappa shape index (κ3) is 5.71. The van der Waals surface area contributed by atoms with Gasteiger partial charge >= 0.3 is 0 Å². The second-order valence-electron chi connectivity index (χ2n) is 6.93. The van der Waals surface area contributed by atoms with Gasteiger partial charge in [0.05, 0.1) is 6.54 Å². The van der Waals surface area contributed by atoms with E-state index in [2.05, 4.69) is 22.4 Å². The smallest absolute Gasteiger partial charge is 0.244 e. The Bertz CT molecular complexity index is 700. The molecule has 2 rings (SSSR count). The molecule has 0 spiro atoms. The number of rotatable bonds is 7. The molecule has 0 fully saturated rings. The Morgan fingerprint density at radius 3 is 2.46 bits per heavy atom. The van der Waals surface area contributed by atoms with Crippen molar-refractivity contribution in [3.63, 3.8) is 0 Å². The number of nitrogens with zero attached hydrogens (tertiary/aromatic N) is 4. The Morgan fingerprint density at radius 1 is 1.14 bits per heavy atom. The van der Waals surface area contributed by atoms with E-state index in [1.807, 2.05) is 44.9 Å². The average Bonchev–Trinajstić information content (AvgIpc) is 2.71. The molecule has 7 nitrogen and oxygen atoms in total. The lowest BCUT2D eigenvalue weighted by Gasteiger charge is -2.29. The van der Waals surface area contributed by atoms with Gasteiger partial charge in [-0.05, 0) is 38.3 Å². The first-order valence-corrected chi connectivity index (χ1v) is 10.1. The Balaban J connectivity index is 1.98. The molecule has 1 N–H and O–H groups in total. The predicted octanol–water partition coefficient (Wildman–Crippen LogP) is 1.34. The standard InChI is InChI=1S/C21H33N5O2/c1-5-22-21(24(4)16-20(28)25(6-2)7-3)23-14-19(27)26-13-12-17-10-8-9-11-18(17)15-26/h8-11H,5-7,12-16H2,1-4H3,(H,22,23). The van der Waals surface area contributed by atoms with Crippen molar-refractivity contribution in [3.05, 3.63) is 35.4 Å². The van der Waals surface area contributed by atoms with Crippen LogP contribution in [0.1, 0.15) is 31.9 Å². The zero-order chi connectivity index (χ0) is 20.5. The normalized spacial score (nSPS) is 13.7. The number of benzene rings is 1. The lowest BCUT2D eigenvalue weighted by molar-refractivity contribution is -0.131. The van der Waals surface area contributed by atoms with E-state index in [9.17, 15) is 9.59 Å². The largest absolute Gasteiger partial charge is 0.356 e. The minimum absolute atomic E-state index is 0.00776. The van der Waals surface area contributed by atoms with Gasteiger partial charge in [0.15, 0.2) is 5.96 Å². The lowest BCUT2D eigenvalue weighted by atomic mass is 10.00. The fraction of sp³-hybridized carbons (Fsp3) is 0.571. The average molecular weight is 388 g/mol. The summed E-state index contributed by atoms with van der Waals surface area (Å²) in [5.41, 5.74) is 2.53. The first kappa shape index (κ1) is 21.7. The van der Waals surface area contributed by atoms with Crippen molar-refractivity contribution in [1.82, 2.24) is 20.0 Å². The summed E-state index contributed by atoms with van der Waals surface area (Å²) in [4.78, 5) is 34.9. The highest BCUT2D eigenvalue weighted by Crippen LogP contribution is 2.18. The van der Waals surface area contributed by atoms with Gasteiger partial charge in [0.1, 0.15) is 6.54 Å². The van der Waals surface area contributed by atoms with Crippen molar-refractivity contribution in [2.24, 2.45) is 4.99 Å². The molecule has 1 aliphatic rings. The molecule has 0 atom stereocenters. The van der Waals surface area contributed by atoms with Gasteiger partial charge in [-0.2, -0.15) is 0 Å². The van der Waals surface area contributed by atoms with Crippen LogP contribution in [0.25, 0.3) is 0 Å². The van der Waals surface area contributed by atoms with Crippen LogP contribution < -0.4 is 5.32 Å². The van der Waals surface area contributed by atoms with Gasteiger partial charge in [0.2, 0.25) is 11.8 Å². The van der Waals surface area contributed by atoms with Crippen LogP contribution in [0.3, 0.4) is 0 Å². The van der Waals surface area contributed by atoms with E-state index in [0.717, 1.165) is 13.0 Å². The van der Waals surface area contributed by atoms with Crippen molar-refractivity contribution >= 4 is 17.8 Å². The van der Waals surface area contributed by atoms with Crippen LogP contribution in [0.5, 0.6) is 0 Å². The molecular weight excluding hydrogens is 354 g/mol. The molecule has 2 amide bonds. The van der Waals surface area contributed by atoms with E-state index < -0.39 is 0 Å². The van der Waals surface area contributed by atoms with Crippen molar-refractivity contribution in [1.29, 1.82) is 0 Å². The number of fused-ring (bicyclic) bond motifs is 1. The minimum atomic E-state index is 0.00776. The third-order valence-corrected chi connectivity index (χ3v) is 5.03. The molecule has 1 aromatic carbocycles. The first-order valence-electron chi connectivity index (χ1n) is 10.1. The topological polar surface area (TPSA) is 68.2 Å². The molecule has 7 heteroatoms. The summed E-state index contributed by atoms with van der Waals surface area (Å²) in [6, 6.07) is 8.25. The number of likely N-dealkylation sites (N-methyl/N-ethyl adjacent to an activating group) is 2. The Hall–Kier alpha value is -2.57. The van der Waals surface area contributed by atoms with Crippen LogP contribution in [0, 0.1) is 0 Å². The van der Waals surface area contributed by atoms with Gasteiger partial charge in [0.25, 0.3) is 0 Å². The fourth-order valence-electron chi connectivity index (χ4n) is 3.37. The molecule has 0 unspecified atom stereocenters. The summed E-state index contributed by atoms with van der Waals surface area (Å²) in [6.45, 7) is 9.62. The molecule has 0 bridgehead atoms. The van der Waals surface area contributed by atoms with Gasteiger partial charge in [-0.1, -0.05) is 24.3 Å². The molecule has 1 aromatic rings. The van der Waals surface area contributed by atoms with Crippen LogP contribution in [0.15, 0.2) is 29.3 Å². The fourth-order valence-corrected chi connectivity index (χ4v) is 3.37. The summed E-state index contributed by atoms with van der Waals surface area (Å²) in [6.07, 6.45) is 0.879. The van der Waals surface area contributed by atoms with E-state index in [4.69, 9.17) is 0 Å². The summed E-state index contributed by atoms with van der Waals surface area (Å²) < 4.78 is 0. The van der Waals surface area contributed by atoms with Crippen LogP contribution in [0.2, 0.25) is 0 Å². The quantitative estimate of drug-likeness (QED) is 0.566. The molecule has 1 aliphatic heterocycles. The summed E-state index contributed by atoms with van der Waals surface area (Å²) in [7, 11) is 1.82. The number of aliphatic imine (C=N–C) groups is 1. The van der Waals surface area contributed by atoms with Crippen molar-refractivity contribution in [2.75, 3.05) is 46.3 Å². The highest BCUT2D eigenvalue weighted by molar-refractivity contribution is 5.88. The molecule has 0 aliphatic carbocycles. The summed E-state index contributed by atoms with van der Waals surface area (Å²) in [5.74, 6) is 0.638. The molecular formula is C21H33N5O2. The Labute approximate surface area is 168 Å². The monoisotopic (exact) mass is 387 g/mol. The molecule has 1 heterocycles. The highest BCUT2D eigenvalue weighted by Gasteiger charge is 2.21. The van der Waals surface area contributed by atoms with Crippen LogP contribution in [0.4, 0.5) is 0 Å². The van der Waals surface area contributed by atoms with E-state index in [0.29, 0.717) is 32.1 Å². The molecule has 28 heavy (non-hydrogen) atoms. The third-order valence-electron chi connectivity index (χ3n) is 5.03. The van der Waals surface area contributed by atoms with Crippen molar-refractivity contribution in [2.45, 2.75) is 33.7 Å². The Kier molecular flexibility index (Phi) is 8.29. The van der Waals surface area contributed by atoms with Crippen molar-refractivity contribution in [3.8, 4) is 0 Å². The van der Waals surface area contributed by atoms with Gasteiger partial charge in [-0.15, -0.1) is 0 Å². The number of hydrogen-bond donors (Lipinski definition) is 1. The van der Waals surface area contributed by atoms with E-state index in [1.165, 1.54) is 11.1 Å². The second-order valence-corrected chi connectivity index (χ2v) is 6.93. The lowest BCUT2D eigenvalue weighted by Crippen LogP contribution is -2.46. The predicted molar refractivity (Wildman–Crippen MR) is 112 cm³/mol. The number of hydrogen-bond acceptors (Lipinski definition) is 3. The number of carbonyl (C=O) groups excluding carboxylic acids is 2. The SMILES string of the molecule is CCNC(=NCC(=O)N1CCc2ccccc2C1)N(C)CC(=O)N(CC)CC. The molecule has 0 saturated carbocycles. The van der Waals surface area contributed by atoms with E-state index >= 15 is 0 Å². The zero-order valence-corrected chi connectivity index (χ0v) is 17.6. The second kappa shape index (κ2) is 10.7. The number of amides is 2. The van der Waals surface area contributed by atoms with Gasteiger partial charge in [-0.25, -0.2) is 4.99 Å². The number of guanidine groups is 1. The Morgan fingerprint density at radius 2 is 1.82 bits per heavy atom. The summed E-state index contributed by atoms with van der Waals surface area (Å²) in [5, 5.41) is 3.17. The molecule has 0 aromatic heterocycles. The maximum atomic E-state index is 12.7. The zero-order valence-electron chi connectivity index (χ0n) is 17.6. The van der Waals surface area contributed by atoms with Gasteiger partial charge in [0, 0.05) is 39.8 Å². The van der Waals surface area contributed by atoms with Crippen LogP contribution >= 0.6 is 0 Å². The molecule has 0 saturated heterocycles. The summed E-state index contributed by atoms with van der Waals surface area (Å²) >= 11 is 0. The maximum absolute atomic E-state index is 12.7.